The second-order valence-electron chi connectivity index (χ2n) is 6.90. The van der Waals surface area contributed by atoms with Crippen molar-refractivity contribution in [3.8, 4) is 23.0 Å². The van der Waals surface area contributed by atoms with Crippen molar-refractivity contribution in [2.75, 3.05) is 33.3 Å². The van der Waals surface area contributed by atoms with Crippen molar-refractivity contribution in [2.45, 2.75) is 0 Å². The van der Waals surface area contributed by atoms with E-state index in [1.165, 1.54) is 13.2 Å². The van der Waals surface area contributed by atoms with E-state index in [9.17, 15) is 9.59 Å². The molecule has 3 aromatic rings. The summed E-state index contributed by atoms with van der Waals surface area (Å²) in [6, 6.07) is 19.1. The number of ether oxygens (including phenoxy) is 4. The fourth-order valence-electron chi connectivity index (χ4n) is 2.96. The van der Waals surface area contributed by atoms with Crippen LogP contribution in [-0.2, 0) is 4.79 Å². The van der Waals surface area contributed by atoms with Gasteiger partial charge in [-0.25, -0.2) is 0 Å². The van der Waals surface area contributed by atoms with Crippen LogP contribution in [0.5, 0.6) is 23.0 Å². The molecular weight excluding hydrogens is 422 g/mol. The normalized spacial score (nSPS) is 10.5. The molecule has 170 valence electrons. The highest BCUT2D eigenvalue weighted by Crippen LogP contribution is 2.29. The van der Waals surface area contributed by atoms with E-state index in [1.807, 2.05) is 24.3 Å². The van der Waals surface area contributed by atoms with E-state index < -0.39 is 0 Å². The van der Waals surface area contributed by atoms with E-state index >= 15 is 0 Å². The Kier molecular flexibility index (Phi) is 8.07. The largest absolute Gasteiger partial charge is 0.497 e. The summed E-state index contributed by atoms with van der Waals surface area (Å²) < 4.78 is 21.0. The number of allylic oxidation sites excluding steroid dienone is 1. The first-order valence-electron chi connectivity index (χ1n) is 10.1. The van der Waals surface area contributed by atoms with Gasteiger partial charge in [0, 0.05) is 17.3 Å². The van der Waals surface area contributed by atoms with Crippen LogP contribution in [0.25, 0.3) is 6.08 Å². The maximum atomic E-state index is 12.4. The van der Waals surface area contributed by atoms with Gasteiger partial charge in [0.2, 0.25) is 0 Å². The second-order valence-corrected chi connectivity index (χ2v) is 6.90. The molecule has 0 radical (unpaired) electrons. The lowest BCUT2D eigenvalue weighted by Crippen LogP contribution is -2.20. The van der Waals surface area contributed by atoms with Crippen LogP contribution in [-0.4, -0.2) is 39.6 Å². The molecule has 0 aliphatic rings. The van der Waals surface area contributed by atoms with Crippen molar-refractivity contribution in [3.05, 3.63) is 83.9 Å². The smallest absolute Gasteiger partial charge is 0.262 e. The van der Waals surface area contributed by atoms with Gasteiger partial charge in [0.05, 0.1) is 21.3 Å². The van der Waals surface area contributed by atoms with E-state index in [1.54, 1.807) is 62.8 Å². The van der Waals surface area contributed by atoms with Gasteiger partial charge < -0.3 is 24.3 Å². The van der Waals surface area contributed by atoms with Crippen LogP contribution >= 0.6 is 0 Å². The summed E-state index contributed by atoms with van der Waals surface area (Å²) >= 11 is 0. The number of carbonyl (C=O) groups excluding carboxylic acids is 2. The molecule has 1 amide bonds. The zero-order valence-corrected chi connectivity index (χ0v) is 18.7. The van der Waals surface area contributed by atoms with Crippen LogP contribution < -0.4 is 24.3 Å². The summed E-state index contributed by atoms with van der Waals surface area (Å²) in [5.41, 5.74) is 1.97. The minimum absolute atomic E-state index is 0.136. The van der Waals surface area contributed by atoms with E-state index in [0.29, 0.717) is 28.5 Å². The van der Waals surface area contributed by atoms with Gasteiger partial charge in [0.1, 0.15) is 11.5 Å². The third-order valence-electron chi connectivity index (χ3n) is 4.72. The molecule has 0 heterocycles. The van der Waals surface area contributed by atoms with E-state index in [0.717, 1.165) is 11.3 Å². The highest BCUT2D eigenvalue weighted by Gasteiger charge is 2.09. The van der Waals surface area contributed by atoms with Crippen molar-refractivity contribution < 1.29 is 28.5 Å². The molecule has 0 aliphatic heterocycles. The minimum atomic E-state index is -0.329. The molecule has 1 N–H and O–H groups in total. The van der Waals surface area contributed by atoms with Crippen molar-refractivity contribution >= 4 is 23.5 Å². The molecule has 0 aromatic heterocycles. The van der Waals surface area contributed by atoms with Crippen molar-refractivity contribution in [1.29, 1.82) is 0 Å². The number of anilines is 1. The SMILES string of the molecule is COc1ccc(/C=C/C(=O)c2ccc(OCC(=O)Nc3ccc(OC)c(OC)c3)cc2)cc1. The Labute approximate surface area is 192 Å². The number of benzene rings is 3. The number of hydrogen-bond donors (Lipinski definition) is 1. The number of rotatable bonds is 10. The first-order chi connectivity index (χ1) is 16.0. The molecule has 0 aliphatic carbocycles. The van der Waals surface area contributed by atoms with Gasteiger partial charge in [0.25, 0.3) is 5.91 Å². The van der Waals surface area contributed by atoms with Crippen LogP contribution in [0.4, 0.5) is 5.69 Å². The molecule has 7 nitrogen and oxygen atoms in total. The first-order valence-corrected chi connectivity index (χ1v) is 10.1. The third-order valence-corrected chi connectivity index (χ3v) is 4.72. The molecule has 0 saturated carbocycles. The minimum Gasteiger partial charge on any atom is -0.497 e. The van der Waals surface area contributed by atoms with Crippen LogP contribution in [0.1, 0.15) is 15.9 Å². The Morgan fingerprint density at radius 3 is 2.09 bits per heavy atom. The Bertz CT molecular complexity index is 1120. The number of amides is 1. The van der Waals surface area contributed by atoms with Gasteiger partial charge >= 0.3 is 0 Å². The highest BCUT2D eigenvalue weighted by atomic mass is 16.5. The van der Waals surface area contributed by atoms with Gasteiger partial charge in [0.15, 0.2) is 23.9 Å². The number of hydrogen-bond acceptors (Lipinski definition) is 6. The molecule has 0 atom stereocenters. The Hall–Kier alpha value is -4.26. The third kappa shape index (κ3) is 6.61. The van der Waals surface area contributed by atoms with Gasteiger partial charge in [-0.1, -0.05) is 18.2 Å². The molecule has 0 fully saturated rings. The number of nitrogens with one attached hydrogen (secondary N) is 1. The second kappa shape index (κ2) is 11.4. The van der Waals surface area contributed by atoms with E-state index in [4.69, 9.17) is 18.9 Å². The highest BCUT2D eigenvalue weighted by molar-refractivity contribution is 6.06. The van der Waals surface area contributed by atoms with Crippen molar-refractivity contribution in [1.82, 2.24) is 0 Å². The van der Waals surface area contributed by atoms with E-state index in [2.05, 4.69) is 5.32 Å². The summed E-state index contributed by atoms with van der Waals surface area (Å²) in [4.78, 5) is 24.6. The van der Waals surface area contributed by atoms with Crippen molar-refractivity contribution in [3.63, 3.8) is 0 Å². The lowest BCUT2D eigenvalue weighted by atomic mass is 10.1. The lowest BCUT2D eigenvalue weighted by molar-refractivity contribution is -0.118. The van der Waals surface area contributed by atoms with Gasteiger partial charge in [-0.3, -0.25) is 9.59 Å². The summed E-state index contributed by atoms with van der Waals surface area (Å²) in [5, 5.41) is 2.74. The fourth-order valence-corrected chi connectivity index (χ4v) is 2.96. The number of carbonyl (C=O) groups is 2. The average molecular weight is 447 g/mol. The summed E-state index contributed by atoms with van der Waals surface area (Å²) in [5.74, 6) is 1.85. The molecular formula is C26H25NO6. The lowest BCUT2D eigenvalue weighted by Gasteiger charge is -2.11. The number of methoxy groups -OCH3 is 3. The molecule has 0 spiro atoms. The van der Waals surface area contributed by atoms with Crippen molar-refractivity contribution in [2.24, 2.45) is 0 Å². The zero-order valence-electron chi connectivity index (χ0n) is 18.7. The molecule has 0 unspecified atom stereocenters. The van der Waals surface area contributed by atoms with Gasteiger partial charge in [-0.2, -0.15) is 0 Å². The van der Waals surface area contributed by atoms with Crippen LogP contribution in [0.2, 0.25) is 0 Å². The standard InChI is InChI=1S/C26H25NO6/c1-30-21-10-4-18(5-11-21)6-14-23(28)19-7-12-22(13-8-19)33-17-26(29)27-20-9-15-24(31-2)25(16-20)32-3/h4-16H,17H2,1-3H3,(H,27,29)/b14-6+. The van der Waals surface area contributed by atoms with Crippen LogP contribution in [0, 0.1) is 0 Å². The fraction of sp³-hybridized carbons (Fsp3) is 0.154. The first kappa shape index (κ1) is 23.4. The molecule has 0 bridgehead atoms. The van der Waals surface area contributed by atoms with E-state index in [-0.39, 0.29) is 18.3 Å². The Morgan fingerprint density at radius 1 is 0.788 bits per heavy atom. The van der Waals surface area contributed by atoms with Gasteiger partial charge in [-0.15, -0.1) is 0 Å². The topological polar surface area (TPSA) is 83.1 Å². The summed E-state index contributed by atoms with van der Waals surface area (Å²) in [6.45, 7) is -0.182. The monoisotopic (exact) mass is 447 g/mol. The average Bonchev–Trinajstić information content (AvgIpc) is 2.86. The quantitative estimate of drug-likeness (QED) is 0.361. The zero-order chi connectivity index (χ0) is 23.6. The predicted octanol–water partition coefficient (Wildman–Crippen LogP) is 4.63. The Morgan fingerprint density at radius 2 is 1.45 bits per heavy atom. The maximum absolute atomic E-state index is 12.4. The molecule has 0 saturated heterocycles. The summed E-state index contributed by atoms with van der Waals surface area (Å²) in [6.07, 6.45) is 3.25. The Balaban J connectivity index is 1.52. The maximum Gasteiger partial charge on any atom is 0.262 e. The van der Waals surface area contributed by atoms with Crippen LogP contribution in [0.3, 0.4) is 0 Å². The predicted molar refractivity (Wildman–Crippen MR) is 126 cm³/mol. The molecule has 3 aromatic carbocycles. The molecule has 33 heavy (non-hydrogen) atoms. The summed E-state index contributed by atoms with van der Waals surface area (Å²) in [7, 11) is 4.67. The number of ketones is 1. The molecule has 3 rings (SSSR count). The molecule has 7 heteroatoms. The van der Waals surface area contributed by atoms with Gasteiger partial charge in [-0.05, 0) is 60.2 Å². The van der Waals surface area contributed by atoms with Crippen LogP contribution in [0.15, 0.2) is 72.8 Å².